The van der Waals surface area contributed by atoms with Gasteiger partial charge in [-0.15, -0.1) is 0 Å². The Morgan fingerprint density at radius 2 is 1.84 bits per heavy atom. The molecule has 1 heterocycles. The van der Waals surface area contributed by atoms with Crippen LogP contribution in [0.2, 0.25) is 5.02 Å². The molecule has 0 radical (unpaired) electrons. The Bertz CT molecular complexity index is 1050. The average Bonchev–Trinajstić information content (AvgIpc) is 2.80. The second-order valence-corrected chi connectivity index (χ2v) is 7.67. The highest BCUT2D eigenvalue weighted by Crippen LogP contribution is 2.18. The van der Waals surface area contributed by atoms with E-state index in [-0.39, 0.29) is 16.6 Å². The number of carbonyl (C=O) groups is 2. The molecule has 160 valence electrons. The van der Waals surface area contributed by atoms with Crippen LogP contribution in [0.4, 0.5) is 5.69 Å². The van der Waals surface area contributed by atoms with E-state index in [1.165, 1.54) is 18.0 Å². The molecule has 0 bridgehead atoms. The molecule has 0 saturated carbocycles. The molecule has 0 unspecified atom stereocenters. The molecule has 0 fully saturated rings. The zero-order chi connectivity index (χ0) is 22.2. The van der Waals surface area contributed by atoms with Gasteiger partial charge in [0.05, 0.1) is 18.3 Å². The monoisotopic (exact) mass is 456 g/mol. The van der Waals surface area contributed by atoms with E-state index >= 15 is 0 Å². The number of rotatable bonds is 8. The average molecular weight is 457 g/mol. The van der Waals surface area contributed by atoms with Gasteiger partial charge in [0.2, 0.25) is 5.91 Å². The van der Waals surface area contributed by atoms with Crippen molar-refractivity contribution in [3.63, 3.8) is 0 Å². The van der Waals surface area contributed by atoms with Crippen molar-refractivity contribution in [2.45, 2.75) is 17.6 Å². The first-order chi connectivity index (χ1) is 15.0. The molecule has 0 aliphatic carbocycles. The molecule has 0 spiro atoms. The Hall–Kier alpha value is -3.10. The zero-order valence-electron chi connectivity index (χ0n) is 17.0. The smallest absolute Gasteiger partial charge is 0.272 e. The van der Waals surface area contributed by atoms with Crippen LogP contribution in [0.15, 0.2) is 66.0 Å². The third kappa shape index (κ3) is 6.19. The van der Waals surface area contributed by atoms with Gasteiger partial charge in [0, 0.05) is 12.1 Å². The van der Waals surface area contributed by atoms with Crippen molar-refractivity contribution >= 4 is 40.9 Å². The summed E-state index contributed by atoms with van der Waals surface area (Å²) in [4.78, 5) is 34.1. The molecule has 0 aliphatic heterocycles. The second-order valence-electron chi connectivity index (χ2n) is 6.49. The number of halogens is 1. The summed E-state index contributed by atoms with van der Waals surface area (Å²) in [5, 5.41) is 6.11. The summed E-state index contributed by atoms with van der Waals surface area (Å²) < 4.78 is 5.14. The fourth-order valence-corrected chi connectivity index (χ4v) is 3.32. The van der Waals surface area contributed by atoms with Gasteiger partial charge in [-0.05, 0) is 36.1 Å². The summed E-state index contributed by atoms with van der Waals surface area (Å²) in [7, 11) is 1.57. The highest BCUT2D eigenvalue weighted by Gasteiger charge is 2.24. The molecular weight excluding hydrogens is 436 g/mol. The Morgan fingerprint density at radius 3 is 2.48 bits per heavy atom. The van der Waals surface area contributed by atoms with Crippen LogP contribution in [0.5, 0.6) is 5.75 Å². The summed E-state index contributed by atoms with van der Waals surface area (Å²) >= 11 is 7.41. The largest absolute Gasteiger partial charge is 0.497 e. The zero-order valence-corrected chi connectivity index (χ0v) is 18.5. The molecule has 2 amide bonds. The number of nitrogens with zero attached hydrogens (tertiary/aromatic N) is 2. The predicted molar refractivity (Wildman–Crippen MR) is 122 cm³/mol. The molecule has 31 heavy (non-hydrogen) atoms. The lowest BCUT2D eigenvalue weighted by atomic mass is 10.0. The van der Waals surface area contributed by atoms with Gasteiger partial charge in [-0.3, -0.25) is 9.59 Å². The van der Waals surface area contributed by atoms with Crippen LogP contribution >= 0.6 is 23.4 Å². The van der Waals surface area contributed by atoms with Crippen molar-refractivity contribution in [3.8, 4) is 5.75 Å². The standard InChI is InChI=1S/C22H21ClN4O3S/c1-30-16-10-8-15(9-11-16)25-20(28)18(12-14-6-4-3-5-7-14)26-21(29)19-17(23)13-24-22(27-19)31-2/h3-11,13,18H,12H2,1-2H3,(H,25,28)(H,26,29)/t18-/m1/s1. The summed E-state index contributed by atoms with van der Waals surface area (Å²) in [6.45, 7) is 0. The quantitative estimate of drug-likeness (QED) is 0.395. The first-order valence-corrected chi connectivity index (χ1v) is 11.0. The topological polar surface area (TPSA) is 93.2 Å². The van der Waals surface area contributed by atoms with E-state index in [1.54, 1.807) is 37.6 Å². The van der Waals surface area contributed by atoms with E-state index in [0.29, 0.717) is 23.0 Å². The van der Waals surface area contributed by atoms with E-state index in [4.69, 9.17) is 16.3 Å². The van der Waals surface area contributed by atoms with Crippen molar-refractivity contribution in [3.05, 3.63) is 77.1 Å². The van der Waals surface area contributed by atoms with Crippen molar-refractivity contribution in [2.75, 3.05) is 18.7 Å². The van der Waals surface area contributed by atoms with E-state index in [0.717, 1.165) is 5.56 Å². The minimum atomic E-state index is -0.847. The Balaban J connectivity index is 1.81. The summed E-state index contributed by atoms with van der Waals surface area (Å²) in [6.07, 6.45) is 3.47. The summed E-state index contributed by atoms with van der Waals surface area (Å²) in [5.74, 6) is -0.235. The molecule has 0 aliphatic rings. The van der Waals surface area contributed by atoms with E-state index in [2.05, 4.69) is 20.6 Å². The molecule has 1 aromatic heterocycles. The van der Waals surface area contributed by atoms with Gasteiger partial charge in [0.25, 0.3) is 5.91 Å². The molecule has 9 heteroatoms. The van der Waals surface area contributed by atoms with Crippen LogP contribution in [0.1, 0.15) is 16.1 Å². The number of ether oxygens (including phenoxy) is 1. The number of thioether (sulfide) groups is 1. The van der Waals surface area contributed by atoms with Gasteiger partial charge >= 0.3 is 0 Å². The molecule has 0 saturated heterocycles. The normalized spacial score (nSPS) is 11.5. The van der Waals surface area contributed by atoms with Crippen molar-refractivity contribution < 1.29 is 14.3 Å². The first kappa shape index (κ1) is 22.6. The van der Waals surface area contributed by atoms with Crippen molar-refractivity contribution in [1.82, 2.24) is 15.3 Å². The minimum Gasteiger partial charge on any atom is -0.497 e. The lowest BCUT2D eigenvalue weighted by molar-refractivity contribution is -0.118. The maximum absolute atomic E-state index is 13.0. The van der Waals surface area contributed by atoms with E-state index in [1.807, 2.05) is 30.3 Å². The highest BCUT2D eigenvalue weighted by atomic mass is 35.5. The van der Waals surface area contributed by atoms with Crippen LogP contribution in [0, 0.1) is 0 Å². The number of carbonyl (C=O) groups excluding carboxylic acids is 2. The fourth-order valence-electron chi connectivity index (χ4n) is 2.80. The lowest BCUT2D eigenvalue weighted by Gasteiger charge is -2.19. The SMILES string of the molecule is COc1ccc(NC(=O)[C@@H](Cc2ccccc2)NC(=O)c2nc(SC)ncc2Cl)cc1. The number of hydrogen-bond donors (Lipinski definition) is 2. The van der Waals surface area contributed by atoms with Gasteiger partial charge in [0.1, 0.15) is 11.8 Å². The van der Waals surface area contributed by atoms with Crippen LogP contribution in [-0.2, 0) is 11.2 Å². The van der Waals surface area contributed by atoms with Crippen LogP contribution < -0.4 is 15.4 Å². The maximum Gasteiger partial charge on any atom is 0.272 e. The van der Waals surface area contributed by atoms with Gasteiger partial charge < -0.3 is 15.4 Å². The molecule has 2 aromatic carbocycles. The summed E-state index contributed by atoms with van der Waals surface area (Å²) in [6, 6.07) is 15.5. The number of nitrogens with one attached hydrogen (secondary N) is 2. The molecule has 3 aromatic rings. The maximum atomic E-state index is 13.0. The predicted octanol–water partition coefficient (Wildman–Crippen LogP) is 3.84. The molecule has 2 N–H and O–H groups in total. The van der Waals surface area contributed by atoms with Crippen molar-refractivity contribution in [2.24, 2.45) is 0 Å². The summed E-state index contributed by atoms with van der Waals surface area (Å²) in [5.41, 5.74) is 1.51. The number of aromatic nitrogens is 2. The van der Waals surface area contributed by atoms with Gasteiger partial charge in [-0.25, -0.2) is 9.97 Å². The third-order valence-corrected chi connectivity index (χ3v) is 5.22. The second kappa shape index (κ2) is 10.8. The molecule has 7 nitrogen and oxygen atoms in total. The number of amides is 2. The Morgan fingerprint density at radius 1 is 1.13 bits per heavy atom. The van der Waals surface area contributed by atoms with Crippen LogP contribution in [-0.4, -0.2) is 41.2 Å². The minimum absolute atomic E-state index is 0.0244. The number of methoxy groups -OCH3 is 1. The Kier molecular flexibility index (Phi) is 7.86. The third-order valence-electron chi connectivity index (χ3n) is 4.38. The van der Waals surface area contributed by atoms with E-state index in [9.17, 15) is 9.59 Å². The first-order valence-electron chi connectivity index (χ1n) is 9.36. The van der Waals surface area contributed by atoms with E-state index < -0.39 is 11.9 Å². The fraction of sp³-hybridized carbons (Fsp3) is 0.182. The van der Waals surface area contributed by atoms with Crippen molar-refractivity contribution in [1.29, 1.82) is 0 Å². The number of benzene rings is 2. The van der Waals surface area contributed by atoms with Crippen LogP contribution in [0.25, 0.3) is 0 Å². The van der Waals surface area contributed by atoms with Gasteiger partial charge in [-0.1, -0.05) is 53.7 Å². The number of anilines is 1. The molecule has 1 atom stereocenters. The lowest BCUT2D eigenvalue weighted by Crippen LogP contribution is -2.45. The molecular formula is C22H21ClN4O3S. The Labute approximate surface area is 189 Å². The van der Waals surface area contributed by atoms with Crippen LogP contribution in [0.3, 0.4) is 0 Å². The van der Waals surface area contributed by atoms with Gasteiger partial charge in [0.15, 0.2) is 10.9 Å². The number of hydrogen-bond acceptors (Lipinski definition) is 6. The molecule has 3 rings (SSSR count). The van der Waals surface area contributed by atoms with Gasteiger partial charge in [-0.2, -0.15) is 0 Å². The highest BCUT2D eigenvalue weighted by molar-refractivity contribution is 7.98.